The zero-order valence-electron chi connectivity index (χ0n) is 20.2. The fourth-order valence-electron chi connectivity index (χ4n) is 4.38. The van der Waals surface area contributed by atoms with E-state index in [0.717, 1.165) is 6.42 Å². The van der Waals surface area contributed by atoms with Crippen LogP contribution >= 0.6 is 11.6 Å². The lowest BCUT2D eigenvalue weighted by atomic mass is 10.0. The number of carbonyl (C=O) groups excluding carboxylic acids is 2. The Morgan fingerprint density at radius 2 is 2.05 bits per heavy atom. The number of nitrogens with one attached hydrogen (secondary N) is 3. The summed E-state index contributed by atoms with van der Waals surface area (Å²) in [6.45, 7) is 0.383. The number of aliphatic hydroxyl groups excluding tert-OH is 1. The van der Waals surface area contributed by atoms with Crippen LogP contribution in [0.3, 0.4) is 0 Å². The van der Waals surface area contributed by atoms with Crippen molar-refractivity contribution in [2.24, 2.45) is 0 Å². The molecule has 0 saturated carbocycles. The zero-order valence-corrected chi connectivity index (χ0v) is 21.0. The van der Waals surface area contributed by atoms with Gasteiger partial charge in [0.1, 0.15) is 17.8 Å². The van der Waals surface area contributed by atoms with Gasteiger partial charge in [-0.05, 0) is 49.2 Å². The van der Waals surface area contributed by atoms with Crippen molar-refractivity contribution < 1.29 is 19.4 Å². The van der Waals surface area contributed by atoms with Crippen LogP contribution < -0.4 is 10.6 Å². The van der Waals surface area contributed by atoms with Crippen molar-refractivity contribution >= 4 is 45.8 Å². The van der Waals surface area contributed by atoms with E-state index < -0.39 is 5.91 Å². The highest BCUT2D eigenvalue weighted by Gasteiger charge is 2.25. The first-order valence-electron chi connectivity index (χ1n) is 12.0. The lowest BCUT2D eigenvalue weighted by Gasteiger charge is -2.29. The summed E-state index contributed by atoms with van der Waals surface area (Å²) in [6.07, 6.45) is 9.72. The number of aromatic nitrogens is 3. The van der Waals surface area contributed by atoms with Gasteiger partial charge < -0.3 is 25.5 Å². The third kappa shape index (κ3) is 5.24. The van der Waals surface area contributed by atoms with Crippen molar-refractivity contribution in [1.29, 1.82) is 0 Å². The number of aromatic amines is 1. The second-order valence-electron chi connectivity index (χ2n) is 8.91. The molecule has 10 heteroatoms. The van der Waals surface area contributed by atoms with E-state index in [9.17, 15) is 14.7 Å². The predicted octanol–water partition coefficient (Wildman–Crippen LogP) is 4.03. The topological polar surface area (TPSA) is 129 Å². The lowest BCUT2D eigenvalue weighted by Crippen LogP contribution is -2.36. The van der Waals surface area contributed by atoms with Crippen molar-refractivity contribution in [2.45, 2.75) is 25.0 Å². The molecule has 5 rings (SSSR count). The van der Waals surface area contributed by atoms with E-state index in [1.165, 1.54) is 18.5 Å². The van der Waals surface area contributed by atoms with Gasteiger partial charge in [0, 0.05) is 28.6 Å². The van der Waals surface area contributed by atoms with Gasteiger partial charge in [0.25, 0.3) is 5.91 Å². The molecule has 1 saturated heterocycles. The zero-order chi connectivity index (χ0) is 26.6. The fraction of sp³-hybridized carbons (Fsp3) is 0.214. The van der Waals surface area contributed by atoms with Crippen molar-refractivity contribution in [3.8, 4) is 12.3 Å². The number of aliphatic hydroxyl groups is 1. The first kappa shape index (κ1) is 25.4. The van der Waals surface area contributed by atoms with Crippen LogP contribution in [0.1, 0.15) is 44.7 Å². The maximum atomic E-state index is 13.7. The van der Waals surface area contributed by atoms with E-state index >= 15 is 0 Å². The monoisotopic (exact) mass is 529 g/mol. The molecule has 38 heavy (non-hydrogen) atoms. The minimum Gasteiger partial charge on any atom is -0.394 e. The Hall–Kier alpha value is -4.23. The molecule has 0 radical (unpaired) electrons. The number of H-pyrrole nitrogens is 1. The van der Waals surface area contributed by atoms with Crippen molar-refractivity contribution in [3.05, 3.63) is 82.3 Å². The quantitative estimate of drug-likeness (QED) is 0.210. The molecule has 3 heterocycles. The van der Waals surface area contributed by atoms with Gasteiger partial charge in [-0.1, -0.05) is 23.6 Å². The number of amides is 1. The minimum absolute atomic E-state index is 0.0178. The number of terminal acetylenes is 1. The Balaban J connectivity index is 1.42. The van der Waals surface area contributed by atoms with Gasteiger partial charge in [-0.15, -0.1) is 6.42 Å². The number of ketones is 1. The SMILES string of the molecule is C#Cc1cccc(NC(=O)c2ccc(Cl)c(C(=O)c3c[nH]c4ncnc(N[C@@H]5CC[C@@H](CO)OC5)c34)c2)c1. The summed E-state index contributed by atoms with van der Waals surface area (Å²) in [5.41, 5.74) is 2.39. The van der Waals surface area contributed by atoms with Crippen LogP contribution in [0.2, 0.25) is 5.02 Å². The highest BCUT2D eigenvalue weighted by atomic mass is 35.5. The van der Waals surface area contributed by atoms with E-state index in [4.69, 9.17) is 22.8 Å². The molecule has 1 fully saturated rings. The smallest absolute Gasteiger partial charge is 0.255 e. The van der Waals surface area contributed by atoms with Gasteiger partial charge in [0.2, 0.25) is 0 Å². The van der Waals surface area contributed by atoms with E-state index in [1.807, 2.05) is 0 Å². The molecule has 1 aliphatic rings. The lowest BCUT2D eigenvalue weighted by molar-refractivity contribution is -0.0224. The number of anilines is 2. The Bertz CT molecular complexity index is 1550. The van der Waals surface area contributed by atoms with E-state index in [0.29, 0.717) is 46.7 Å². The van der Waals surface area contributed by atoms with Gasteiger partial charge in [-0.3, -0.25) is 9.59 Å². The van der Waals surface area contributed by atoms with Crippen molar-refractivity contribution in [3.63, 3.8) is 0 Å². The molecule has 1 aliphatic heterocycles. The summed E-state index contributed by atoms with van der Waals surface area (Å²) in [5.74, 6) is 2.21. The molecule has 2 aromatic carbocycles. The molecule has 1 amide bonds. The average Bonchev–Trinajstić information content (AvgIpc) is 3.39. The molecule has 4 N–H and O–H groups in total. The normalized spacial score (nSPS) is 17.1. The van der Waals surface area contributed by atoms with Crippen molar-refractivity contribution in [2.75, 3.05) is 23.8 Å². The molecule has 0 unspecified atom stereocenters. The Labute approximate surface area is 223 Å². The number of carbonyl (C=O) groups is 2. The van der Waals surface area contributed by atoms with Crippen LogP contribution in [-0.2, 0) is 4.74 Å². The standard InChI is InChI=1S/C28H24ClN5O4/c1-2-16-4-3-5-18(10-16)34-28(37)17-6-9-23(29)21(11-17)25(36)22-12-30-26-24(22)27(32-15-31-26)33-19-7-8-20(13-35)38-14-19/h1,3-6,9-12,15,19-20,35H,7-8,13-14H2,(H,34,37)(H2,30,31,32,33)/t19-,20+/m1/s1. The van der Waals surface area contributed by atoms with Crippen LogP contribution in [-0.4, -0.2) is 57.1 Å². The van der Waals surface area contributed by atoms with E-state index in [-0.39, 0.29) is 40.7 Å². The number of rotatable bonds is 7. The second-order valence-corrected chi connectivity index (χ2v) is 9.31. The van der Waals surface area contributed by atoms with Gasteiger partial charge in [0.05, 0.1) is 41.3 Å². The summed E-state index contributed by atoms with van der Waals surface area (Å²) in [5, 5.41) is 16.2. The highest BCUT2D eigenvalue weighted by molar-refractivity contribution is 6.36. The van der Waals surface area contributed by atoms with Crippen LogP contribution in [0.4, 0.5) is 11.5 Å². The largest absolute Gasteiger partial charge is 0.394 e. The third-order valence-corrected chi connectivity index (χ3v) is 6.72. The first-order valence-corrected chi connectivity index (χ1v) is 12.4. The highest BCUT2D eigenvalue weighted by Crippen LogP contribution is 2.30. The van der Waals surface area contributed by atoms with Gasteiger partial charge in [0.15, 0.2) is 5.78 Å². The summed E-state index contributed by atoms with van der Waals surface area (Å²) in [4.78, 5) is 38.3. The number of benzene rings is 2. The first-order chi connectivity index (χ1) is 18.5. The Kier molecular flexibility index (Phi) is 7.38. The minimum atomic E-state index is -0.409. The molecule has 9 nitrogen and oxygen atoms in total. The number of nitrogens with zero attached hydrogens (tertiary/aromatic N) is 2. The summed E-state index contributed by atoms with van der Waals surface area (Å²) in [7, 11) is 0. The molecule has 0 spiro atoms. The maximum Gasteiger partial charge on any atom is 0.255 e. The van der Waals surface area contributed by atoms with Crippen LogP contribution in [0.5, 0.6) is 0 Å². The predicted molar refractivity (Wildman–Crippen MR) is 145 cm³/mol. The van der Waals surface area contributed by atoms with Crippen LogP contribution in [0, 0.1) is 12.3 Å². The maximum absolute atomic E-state index is 13.7. The second kappa shape index (κ2) is 11.0. The van der Waals surface area contributed by atoms with Gasteiger partial charge in [-0.25, -0.2) is 9.97 Å². The molecule has 0 aliphatic carbocycles. The summed E-state index contributed by atoms with van der Waals surface area (Å²) in [6, 6.07) is 11.4. The summed E-state index contributed by atoms with van der Waals surface area (Å²) < 4.78 is 5.66. The van der Waals surface area contributed by atoms with E-state index in [1.54, 1.807) is 36.5 Å². The summed E-state index contributed by atoms with van der Waals surface area (Å²) >= 11 is 6.42. The molecular weight excluding hydrogens is 506 g/mol. The molecule has 4 aromatic rings. The molecule has 2 aromatic heterocycles. The fourth-order valence-corrected chi connectivity index (χ4v) is 4.59. The molecule has 192 valence electrons. The third-order valence-electron chi connectivity index (χ3n) is 6.39. The Morgan fingerprint density at radius 3 is 2.82 bits per heavy atom. The number of hydrogen-bond acceptors (Lipinski definition) is 7. The van der Waals surface area contributed by atoms with Crippen molar-refractivity contribution in [1.82, 2.24) is 15.0 Å². The molecule has 0 bridgehead atoms. The number of ether oxygens (including phenoxy) is 1. The number of fused-ring (bicyclic) bond motifs is 1. The van der Waals surface area contributed by atoms with Crippen LogP contribution in [0.15, 0.2) is 55.0 Å². The van der Waals surface area contributed by atoms with Gasteiger partial charge >= 0.3 is 0 Å². The van der Waals surface area contributed by atoms with Crippen LogP contribution in [0.25, 0.3) is 11.0 Å². The van der Waals surface area contributed by atoms with E-state index in [2.05, 4.69) is 31.5 Å². The average molecular weight is 530 g/mol. The molecular formula is C28H24ClN5O4. The molecule has 2 atom stereocenters. The number of halogens is 1. The van der Waals surface area contributed by atoms with Gasteiger partial charge in [-0.2, -0.15) is 0 Å². The number of hydrogen-bond donors (Lipinski definition) is 4. The Morgan fingerprint density at radius 1 is 1.18 bits per heavy atom.